The number of fused-ring (bicyclic) bond motifs is 2. The summed E-state index contributed by atoms with van der Waals surface area (Å²) in [6.07, 6.45) is 0.461. The minimum absolute atomic E-state index is 0.115. The molecule has 4 rings (SSSR count). The molecule has 7 nitrogen and oxygen atoms in total. The second-order valence-electron chi connectivity index (χ2n) is 7.35. The van der Waals surface area contributed by atoms with Crippen LogP contribution in [-0.2, 0) is 35.0 Å². The van der Waals surface area contributed by atoms with E-state index in [-0.39, 0.29) is 6.61 Å². The molecule has 0 radical (unpaired) electrons. The zero-order chi connectivity index (χ0) is 18.9. The normalized spacial score (nSPS) is 41.6. The number of rotatable bonds is 5. The Hall–Kier alpha value is -1.06. The van der Waals surface area contributed by atoms with Gasteiger partial charge in [-0.05, 0) is 18.4 Å². The Labute approximate surface area is 159 Å². The molecule has 1 aromatic rings. The molecule has 150 valence electrons. The van der Waals surface area contributed by atoms with E-state index in [2.05, 4.69) is 0 Å². The Morgan fingerprint density at radius 3 is 2.26 bits per heavy atom. The molecule has 0 amide bonds. The lowest BCUT2D eigenvalue weighted by atomic mass is 9.84. The third kappa shape index (κ3) is 3.31. The summed E-state index contributed by atoms with van der Waals surface area (Å²) in [4.78, 5) is 0. The van der Waals surface area contributed by atoms with E-state index >= 15 is 0 Å². The summed E-state index contributed by atoms with van der Waals surface area (Å²) in [5.74, 6) is -2.08. The molecule has 2 aliphatic heterocycles. The van der Waals surface area contributed by atoms with Crippen molar-refractivity contribution < 1.29 is 33.5 Å². The lowest BCUT2D eigenvalue weighted by molar-refractivity contribution is -0.497. The van der Waals surface area contributed by atoms with Gasteiger partial charge in [0.15, 0.2) is 6.29 Å². The third-order valence-corrected chi connectivity index (χ3v) is 5.81. The van der Waals surface area contributed by atoms with Gasteiger partial charge in [-0.3, -0.25) is 0 Å². The van der Waals surface area contributed by atoms with Gasteiger partial charge in [-0.1, -0.05) is 30.3 Å². The number of aliphatic hydroxyl groups is 1. The third-order valence-electron chi connectivity index (χ3n) is 5.81. The smallest absolute Gasteiger partial charge is 0.223 e. The molecule has 1 N–H and O–H groups in total. The molecule has 1 aromatic carbocycles. The van der Waals surface area contributed by atoms with Crippen molar-refractivity contribution in [2.75, 3.05) is 20.8 Å². The highest BCUT2D eigenvalue weighted by atomic mass is 16.8. The highest BCUT2D eigenvalue weighted by molar-refractivity contribution is 5.13. The summed E-state index contributed by atoms with van der Waals surface area (Å²) >= 11 is 0. The Morgan fingerprint density at radius 2 is 1.63 bits per heavy atom. The summed E-state index contributed by atoms with van der Waals surface area (Å²) in [5, 5.41) is 10.5. The second kappa shape index (κ2) is 7.75. The van der Waals surface area contributed by atoms with Gasteiger partial charge in [0.05, 0.1) is 13.2 Å². The number of ether oxygens (including phenoxy) is 6. The lowest BCUT2D eigenvalue weighted by Gasteiger charge is -2.59. The number of hydrogen-bond acceptors (Lipinski definition) is 7. The van der Waals surface area contributed by atoms with E-state index in [4.69, 9.17) is 28.4 Å². The first-order valence-corrected chi connectivity index (χ1v) is 9.54. The van der Waals surface area contributed by atoms with Crippen molar-refractivity contribution in [2.45, 2.75) is 68.5 Å². The van der Waals surface area contributed by atoms with Gasteiger partial charge < -0.3 is 33.5 Å². The topological polar surface area (TPSA) is 75.6 Å². The van der Waals surface area contributed by atoms with E-state index in [9.17, 15) is 5.11 Å². The average molecular weight is 380 g/mol. The fraction of sp³-hybridized carbons (Fsp3) is 0.700. The molecule has 6 atom stereocenters. The van der Waals surface area contributed by atoms with Gasteiger partial charge in [-0.2, -0.15) is 0 Å². The molecule has 27 heavy (non-hydrogen) atoms. The minimum Gasteiger partial charge on any atom is -0.388 e. The van der Waals surface area contributed by atoms with Crippen molar-refractivity contribution >= 4 is 0 Å². The van der Waals surface area contributed by atoms with Crippen LogP contribution in [-0.4, -0.2) is 62.1 Å². The maximum atomic E-state index is 10.5. The number of methoxy groups -OCH3 is 2. The lowest BCUT2D eigenvalue weighted by Crippen LogP contribution is -2.74. The van der Waals surface area contributed by atoms with Crippen LogP contribution in [0, 0.1) is 0 Å². The van der Waals surface area contributed by atoms with Crippen LogP contribution in [0.4, 0.5) is 0 Å². The monoisotopic (exact) mass is 380 g/mol. The molecule has 0 bridgehead atoms. The van der Waals surface area contributed by atoms with Gasteiger partial charge in [0.2, 0.25) is 11.6 Å². The van der Waals surface area contributed by atoms with Crippen LogP contribution in [0.1, 0.15) is 31.2 Å². The fourth-order valence-electron chi connectivity index (χ4n) is 4.37. The summed E-state index contributed by atoms with van der Waals surface area (Å²) in [6.45, 7) is 0.493. The fourth-order valence-corrected chi connectivity index (χ4v) is 4.37. The molecule has 0 spiro atoms. The molecule has 1 saturated carbocycles. The quantitative estimate of drug-likeness (QED) is 0.837. The van der Waals surface area contributed by atoms with E-state index in [1.807, 2.05) is 30.3 Å². The molecule has 0 unspecified atom stereocenters. The Morgan fingerprint density at radius 1 is 1.00 bits per heavy atom. The SMILES string of the molecule is CO[C@@]12CCCC[C@@]1(OC)O[C@H]1[C@@H](OCc3ccccc3)OC[C@H](O)[C@@H]1O2. The van der Waals surface area contributed by atoms with E-state index in [0.29, 0.717) is 19.4 Å². The first kappa shape index (κ1) is 19.3. The van der Waals surface area contributed by atoms with Crippen LogP contribution < -0.4 is 0 Å². The molecular formula is C20H28O7. The molecular weight excluding hydrogens is 352 g/mol. The van der Waals surface area contributed by atoms with E-state index in [1.165, 1.54) is 0 Å². The molecule has 3 fully saturated rings. The molecule has 3 aliphatic rings. The van der Waals surface area contributed by atoms with Gasteiger partial charge >= 0.3 is 0 Å². The Bertz CT molecular complexity index is 626. The molecule has 2 heterocycles. The number of aliphatic hydroxyl groups excluding tert-OH is 1. The largest absolute Gasteiger partial charge is 0.388 e. The van der Waals surface area contributed by atoms with Gasteiger partial charge in [-0.25, -0.2) is 0 Å². The average Bonchev–Trinajstić information content (AvgIpc) is 2.72. The molecule has 2 saturated heterocycles. The van der Waals surface area contributed by atoms with Crippen molar-refractivity contribution in [3.63, 3.8) is 0 Å². The molecule has 7 heteroatoms. The van der Waals surface area contributed by atoms with Gasteiger partial charge in [0, 0.05) is 27.1 Å². The highest BCUT2D eigenvalue weighted by Gasteiger charge is 2.65. The highest BCUT2D eigenvalue weighted by Crippen LogP contribution is 2.50. The van der Waals surface area contributed by atoms with Crippen LogP contribution >= 0.6 is 0 Å². The van der Waals surface area contributed by atoms with Crippen molar-refractivity contribution in [2.24, 2.45) is 0 Å². The minimum atomic E-state index is -1.05. The Kier molecular flexibility index (Phi) is 5.53. The first-order chi connectivity index (χ1) is 13.1. The van der Waals surface area contributed by atoms with Crippen LogP contribution in [0.5, 0.6) is 0 Å². The maximum absolute atomic E-state index is 10.5. The van der Waals surface area contributed by atoms with E-state index in [0.717, 1.165) is 18.4 Å². The first-order valence-electron chi connectivity index (χ1n) is 9.54. The van der Waals surface area contributed by atoms with E-state index in [1.54, 1.807) is 14.2 Å². The number of hydrogen-bond donors (Lipinski definition) is 1. The van der Waals surface area contributed by atoms with Crippen molar-refractivity contribution in [1.82, 2.24) is 0 Å². The van der Waals surface area contributed by atoms with Crippen LogP contribution in [0.15, 0.2) is 30.3 Å². The maximum Gasteiger partial charge on any atom is 0.223 e. The van der Waals surface area contributed by atoms with Crippen molar-refractivity contribution in [3.05, 3.63) is 35.9 Å². The van der Waals surface area contributed by atoms with E-state index < -0.39 is 36.2 Å². The molecule has 1 aliphatic carbocycles. The van der Waals surface area contributed by atoms with Crippen LogP contribution in [0.3, 0.4) is 0 Å². The van der Waals surface area contributed by atoms with Gasteiger partial charge in [-0.15, -0.1) is 0 Å². The van der Waals surface area contributed by atoms with Crippen LogP contribution in [0.25, 0.3) is 0 Å². The van der Waals surface area contributed by atoms with Crippen LogP contribution in [0.2, 0.25) is 0 Å². The van der Waals surface area contributed by atoms with Crippen molar-refractivity contribution in [3.8, 4) is 0 Å². The standard InChI is InChI=1S/C20H28O7/c1-22-19-10-6-7-11-20(19,23-2)27-17-16(26-19)15(21)13-25-18(17)24-12-14-8-4-3-5-9-14/h3-5,8-9,15-18,21H,6-7,10-13H2,1-2H3/t15-,16-,17+,18-,19+,20+/m0/s1. The van der Waals surface area contributed by atoms with Crippen molar-refractivity contribution in [1.29, 1.82) is 0 Å². The van der Waals surface area contributed by atoms with Gasteiger partial charge in [0.1, 0.15) is 18.3 Å². The molecule has 0 aromatic heterocycles. The van der Waals surface area contributed by atoms with Gasteiger partial charge in [0.25, 0.3) is 0 Å². The summed E-state index contributed by atoms with van der Waals surface area (Å²) in [5.41, 5.74) is 1.03. The number of benzene rings is 1. The Balaban J connectivity index is 1.56. The summed E-state index contributed by atoms with van der Waals surface area (Å²) in [6, 6.07) is 9.85. The summed E-state index contributed by atoms with van der Waals surface area (Å²) < 4.78 is 36.1. The predicted octanol–water partition coefficient (Wildman–Crippen LogP) is 1.96. The second-order valence-corrected chi connectivity index (χ2v) is 7.35. The summed E-state index contributed by atoms with van der Waals surface area (Å²) in [7, 11) is 3.20. The predicted molar refractivity (Wildman–Crippen MR) is 94.7 cm³/mol. The zero-order valence-electron chi connectivity index (χ0n) is 15.8. The zero-order valence-corrected chi connectivity index (χ0v) is 15.8.